The van der Waals surface area contributed by atoms with Crippen molar-refractivity contribution in [2.45, 2.75) is 17.1 Å². The lowest BCUT2D eigenvalue weighted by atomic mass is 10.3. The summed E-state index contributed by atoms with van der Waals surface area (Å²) in [5, 5.41) is 9.64. The van der Waals surface area contributed by atoms with Gasteiger partial charge in [0.15, 0.2) is 0 Å². The van der Waals surface area contributed by atoms with Crippen LogP contribution in [0.4, 0.5) is 0 Å². The summed E-state index contributed by atoms with van der Waals surface area (Å²) in [6.45, 7) is 1.11. The van der Waals surface area contributed by atoms with Gasteiger partial charge in [-0.25, -0.2) is 0 Å². The number of hydrogen-bond acceptors (Lipinski definition) is 4. The Morgan fingerprint density at radius 2 is 2.46 bits per heavy atom. The molecule has 2 atom stereocenters. The molecule has 2 unspecified atom stereocenters. The molecule has 4 heteroatoms. The molecule has 0 radical (unpaired) electrons. The van der Waals surface area contributed by atoms with Crippen molar-refractivity contribution in [1.82, 2.24) is 0 Å². The predicted molar refractivity (Wildman–Crippen MR) is 50.6 cm³/mol. The van der Waals surface area contributed by atoms with E-state index in [4.69, 9.17) is 9.15 Å². The van der Waals surface area contributed by atoms with Gasteiger partial charge in [-0.15, -0.1) is 11.8 Å². The van der Waals surface area contributed by atoms with E-state index in [1.54, 1.807) is 18.0 Å². The van der Waals surface area contributed by atoms with Crippen LogP contribution in [0, 0.1) is 0 Å². The first-order valence-corrected chi connectivity index (χ1v) is 5.31. The van der Waals surface area contributed by atoms with Crippen LogP contribution >= 0.6 is 11.8 Å². The molecule has 1 fully saturated rings. The number of ether oxygens (including phenoxy) is 1. The third-order valence-electron chi connectivity index (χ3n) is 2.02. The maximum Gasteiger partial charge on any atom is 0.113 e. The van der Waals surface area contributed by atoms with Crippen molar-refractivity contribution in [2.24, 2.45) is 0 Å². The minimum atomic E-state index is -0.319. The van der Waals surface area contributed by atoms with Crippen LogP contribution in [0.1, 0.15) is 5.76 Å². The van der Waals surface area contributed by atoms with Gasteiger partial charge in [-0.1, -0.05) is 0 Å². The highest BCUT2D eigenvalue weighted by Crippen LogP contribution is 2.24. The standard InChI is InChI=1S/C9H12O3S/c10-8-4-11-5-9(8)13-6-7-2-1-3-12-7/h1-3,8-10H,4-6H2. The number of rotatable bonds is 3. The molecule has 0 saturated carbocycles. The van der Waals surface area contributed by atoms with Gasteiger partial charge in [0.05, 0.1) is 36.6 Å². The zero-order valence-corrected chi connectivity index (χ0v) is 8.00. The van der Waals surface area contributed by atoms with Gasteiger partial charge in [0.1, 0.15) is 5.76 Å². The Balaban J connectivity index is 1.79. The highest BCUT2D eigenvalue weighted by Gasteiger charge is 2.26. The van der Waals surface area contributed by atoms with E-state index in [-0.39, 0.29) is 11.4 Å². The van der Waals surface area contributed by atoms with E-state index < -0.39 is 0 Å². The third kappa shape index (κ3) is 2.27. The molecular formula is C9H12O3S. The van der Waals surface area contributed by atoms with Crippen LogP contribution < -0.4 is 0 Å². The molecule has 72 valence electrons. The Labute approximate surface area is 81.1 Å². The fourth-order valence-electron chi connectivity index (χ4n) is 1.27. The largest absolute Gasteiger partial charge is 0.468 e. The molecule has 1 aromatic heterocycles. The minimum Gasteiger partial charge on any atom is -0.468 e. The van der Waals surface area contributed by atoms with Crippen molar-refractivity contribution >= 4 is 11.8 Å². The number of hydrogen-bond donors (Lipinski definition) is 1. The summed E-state index contributed by atoms with van der Waals surface area (Å²) in [5.41, 5.74) is 0. The molecule has 1 aliphatic heterocycles. The van der Waals surface area contributed by atoms with Gasteiger partial charge in [0.25, 0.3) is 0 Å². The lowest BCUT2D eigenvalue weighted by Crippen LogP contribution is -2.20. The summed E-state index contributed by atoms with van der Waals surface area (Å²) in [5.74, 6) is 1.75. The predicted octanol–water partition coefficient (Wildman–Crippen LogP) is 1.27. The van der Waals surface area contributed by atoms with E-state index in [9.17, 15) is 5.11 Å². The van der Waals surface area contributed by atoms with Crippen molar-refractivity contribution in [3.8, 4) is 0 Å². The number of aliphatic hydroxyl groups excluding tert-OH is 1. The second kappa shape index (κ2) is 4.17. The van der Waals surface area contributed by atoms with Gasteiger partial charge in [0, 0.05) is 0 Å². The number of furan rings is 1. The Kier molecular flexibility index (Phi) is 2.93. The lowest BCUT2D eigenvalue weighted by Gasteiger charge is -2.09. The van der Waals surface area contributed by atoms with E-state index in [2.05, 4.69) is 0 Å². The Morgan fingerprint density at radius 3 is 3.08 bits per heavy atom. The molecule has 0 bridgehead atoms. The molecule has 2 heterocycles. The summed E-state index contributed by atoms with van der Waals surface area (Å²) in [6.07, 6.45) is 1.34. The van der Waals surface area contributed by atoms with Gasteiger partial charge >= 0.3 is 0 Å². The molecule has 1 aliphatic rings. The Morgan fingerprint density at radius 1 is 1.54 bits per heavy atom. The van der Waals surface area contributed by atoms with E-state index >= 15 is 0 Å². The first kappa shape index (κ1) is 9.12. The van der Waals surface area contributed by atoms with Gasteiger partial charge in [-0.05, 0) is 12.1 Å². The normalized spacial score (nSPS) is 28.1. The maximum atomic E-state index is 9.44. The first-order chi connectivity index (χ1) is 6.36. The summed E-state index contributed by atoms with van der Waals surface area (Å²) in [7, 11) is 0. The maximum absolute atomic E-state index is 9.44. The minimum absolute atomic E-state index is 0.199. The Hall–Kier alpha value is -0.450. The second-order valence-electron chi connectivity index (χ2n) is 3.03. The monoisotopic (exact) mass is 200 g/mol. The summed E-state index contributed by atoms with van der Waals surface area (Å²) >= 11 is 1.68. The molecule has 13 heavy (non-hydrogen) atoms. The molecule has 0 spiro atoms. The molecule has 1 saturated heterocycles. The van der Waals surface area contributed by atoms with Crippen molar-refractivity contribution in [2.75, 3.05) is 13.2 Å². The summed E-state index contributed by atoms with van der Waals surface area (Å²) < 4.78 is 10.3. The smallest absolute Gasteiger partial charge is 0.113 e. The fraction of sp³-hybridized carbons (Fsp3) is 0.556. The van der Waals surface area contributed by atoms with Gasteiger partial charge in [0.2, 0.25) is 0 Å². The van der Waals surface area contributed by atoms with Crippen LogP contribution in [0.3, 0.4) is 0 Å². The van der Waals surface area contributed by atoms with E-state index in [1.165, 1.54) is 0 Å². The zero-order valence-electron chi connectivity index (χ0n) is 7.18. The van der Waals surface area contributed by atoms with Crippen molar-refractivity contribution < 1.29 is 14.3 Å². The highest BCUT2D eigenvalue weighted by atomic mass is 32.2. The summed E-state index contributed by atoms with van der Waals surface area (Å²) in [6, 6.07) is 3.81. The molecule has 0 aliphatic carbocycles. The lowest BCUT2D eigenvalue weighted by molar-refractivity contribution is 0.127. The second-order valence-corrected chi connectivity index (χ2v) is 4.26. The highest BCUT2D eigenvalue weighted by molar-refractivity contribution is 7.99. The van der Waals surface area contributed by atoms with Gasteiger partial charge in [-0.2, -0.15) is 0 Å². The quantitative estimate of drug-likeness (QED) is 0.798. The Bertz CT molecular complexity index is 247. The van der Waals surface area contributed by atoms with Crippen LogP contribution in [-0.2, 0) is 10.5 Å². The average molecular weight is 200 g/mol. The molecule has 0 amide bonds. The fourth-order valence-corrected chi connectivity index (χ4v) is 2.30. The van der Waals surface area contributed by atoms with Crippen LogP contribution in [-0.4, -0.2) is 29.7 Å². The summed E-state index contributed by atoms with van der Waals surface area (Å²) in [4.78, 5) is 0. The van der Waals surface area contributed by atoms with Crippen LogP contribution in [0.5, 0.6) is 0 Å². The van der Waals surface area contributed by atoms with Crippen molar-refractivity contribution in [3.63, 3.8) is 0 Å². The van der Waals surface area contributed by atoms with Gasteiger partial charge < -0.3 is 14.3 Å². The third-order valence-corrected chi connectivity index (χ3v) is 3.35. The number of aliphatic hydroxyl groups is 1. The van der Waals surface area contributed by atoms with Crippen molar-refractivity contribution in [3.05, 3.63) is 24.2 Å². The molecular weight excluding hydrogens is 188 g/mol. The van der Waals surface area contributed by atoms with Crippen LogP contribution in [0.25, 0.3) is 0 Å². The number of thioether (sulfide) groups is 1. The van der Waals surface area contributed by atoms with E-state index in [1.807, 2.05) is 12.1 Å². The molecule has 2 rings (SSSR count). The zero-order chi connectivity index (χ0) is 9.10. The molecule has 3 nitrogen and oxygen atoms in total. The van der Waals surface area contributed by atoms with E-state index in [0.29, 0.717) is 13.2 Å². The molecule has 1 aromatic rings. The topological polar surface area (TPSA) is 42.6 Å². The van der Waals surface area contributed by atoms with E-state index in [0.717, 1.165) is 11.5 Å². The molecule has 1 N–H and O–H groups in total. The average Bonchev–Trinajstić information content (AvgIpc) is 2.72. The van der Waals surface area contributed by atoms with Crippen LogP contribution in [0.2, 0.25) is 0 Å². The van der Waals surface area contributed by atoms with Crippen LogP contribution in [0.15, 0.2) is 22.8 Å². The SMILES string of the molecule is OC1COCC1SCc1ccco1. The molecule has 0 aromatic carbocycles. The van der Waals surface area contributed by atoms with Gasteiger partial charge in [-0.3, -0.25) is 0 Å². The van der Waals surface area contributed by atoms with Crippen molar-refractivity contribution in [1.29, 1.82) is 0 Å². The first-order valence-electron chi connectivity index (χ1n) is 4.26.